The fraction of sp³-hybridized carbons (Fsp3) is 0.385. The minimum atomic E-state index is -4.00. The number of aliphatic carboxylic acids is 1. The second-order valence-corrected chi connectivity index (χ2v) is 6.65. The zero-order chi connectivity index (χ0) is 15.6. The molecule has 2 rings (SSSR count). The molecule has 1 aromatic carbocycles. The Hall–Kier alpha value is -1.98. The van der Waals surface area contributed by atoms with E-state index in [4.69, 9.17) is 10.4 Å². The van der Waals surface area contributed by atoms with Gasteiger partial charge in [-0.25, -0.2) is 12.8 Å². The maximum atomic E-state index is 13.5. The number of carboxylic acids is 1. The summed E-state index contributed by atoms with van der Waals surface area (Å²) < 4.78 is 39.5. The number of benzene rings is 1. The van der Waals surface area contributed by atoms with E-state index >= 15 is 0 Å². The van der Waals surface area contributed by atoms with Crippen molar-refractivity contribution in [1.29, 1.82) is 5.26 Å². The minimum Gasteiger partial charge on any atom is -0.481 e. The number of hydrogen-bond donors (Lipinski definition) is 1. The van der Waals surface area contributed by atoms with Crippen molar-refractivity contribution in [1.82, 2.24) is 4.31 Å². The van der Waals surface area contributed by atoms with Crippen LogP contribution in [0.5, 0.6) is 0 Å². The van der Waals surface area contributed by atoms with Gasteiger partial charge in [-0.2, -0.15) is 9.57 Å². The summed E-state index contributed by atoms with van der Waals surface area (Å²) in [5, 5.41) is 17.8. The number of halogens is 1. The van der Waals surface area contributed by atoms with Gasteiger partial charge in [0.1, 0.15) is 22.3 Å². The van der Waals surface area contributed by atoms with Crippen molar-refractivity contribution in [2.45, 2.75) is 17.7 Å². The molecule has 0 unspecified atom stereocenters. The van der Waals surface area contributed by atoms with E-state index < -0.39 is 33.3 Å². The van der Waals surface area contributed by atoms with Crippen LogP contribution in [0.3, 0.4) is 0 Å². The van der Waals surface area contributed by atoms with Gasteiger partial charge in [-0.1, -0.05) is 6.07 Å². The standard InChI is InChI=1S/C13H13FN2O4S/c14-11-2-1-3-12(10(11)8-15)21(19,20)16-6-4-9(5-7-16)13(17)18/h1-3,9H,4-7H2,(H,17,18). The molecule has 0 radical (unpaired) electrons. The molecular formula is C13H13FN2O4S. The highest BCUT2D eigenvalue weighted by atomic mass is 32.2. The van der Waals surface area contributed by atoms with Crippen LogP contribution in [-0.4, -0.2) is 36.9 Å². The van der Waals surface area contributed by atoms with Gasteiger partial charge in [-0.15, -0.1) is 0 Å². The number of nitriles is 1. The Morgan fingerprint density at radius 3 is 2.52 bits per heavy atom. The van der Waals surface area contributed by atoms with E-state index in [0.717, 1.165) is 10.4 Å². The highest BCUT2D eigenvalue weighted by molar-refractivity contribution is 7.89. The van der Waals surface area contributed by atoms with Crippen LogP contribution < -0.4 is 0 Å². The predicted molar refractivity (Wildman–Crippen MR) is 70.2 cm³/mol. The van der Waals surface area contributed by atoms with Gasteiger partial charge in [0.15, 0.2) is 0 Å². The predicted octanol–water partition coefficient (Wildman–Crippen LogP) is 1.18. The average Bonchev–Trinajstić information content (AvgIpc) is 2.47. The van der Waals surface area contributed by atoms with Gasteiger partial charge in [-0.3, -0.25) is 4.79 Å². The molecule has 1 aromatic rings. The zero-order valence-corrected chi connectivity index (χ0v) is 11.8. The van der Waals surface area contributed by atoms with Gasteiger partial charge in [-0.05, 0) is 25.0 Å². The summed E-state index contributed by atoms with van der Waals surface area (Å²) in [7, 11) is -4.00. The van der Waals surface area contributed by atoms with Crippen molar-refractivity contribution in [3.63, 3.8) is 0 Å². The second kappa shape index (κ2) is 5.79. The first-order valence-corrected chi connectivity index (χ1v) is 7.73. The van der Waals surface area contributed by atoms with Crippen LogP contribution in [0.4, 0.5) is 4.39 Å². The summed E-state index contributed by atoms with van der Waals surface area (Å²) in [5.41, 5.74) is -0.516. The fourth-order valence-electron chi connectivity index (χ4n) is 2.31. The minimum absolute atomic E-state index is 0.0423. The Morgan fingerprint density at radius 2 is 2.00 bits per heavy atom. The van der Waals surface area contributed by atoms with Gasteiger partial charge in [0, 0.05) is 13.1 Å². The summed E-state index contributed by atoms with van der Waals surface area (Å²) in [5.74, 6) is -2.41. The van der Waals surface area contributed by atoms with Crippen molar-refractivity contribution in [2.24, 2.45) is 5.92 Å². The molecule has 1 aliphatic rings. The number of carbonyl (C=O) groups is 1. The van der Waals surface area contributed by atoms with Crippen LogP contribution in [0.15, 0.2) is 23.1 Å². The molecule has 6 nitrogen and oxygen atoms in total. The first-order valence-electron chi connectivity index (χ1n) is 6.29. The quantitative estimate of drug-likeness (QED) is 0.903. The maximum absolute atomic E-state index is 13.5. The molecule has 1 saturated heterocycles. The SMILES string of the molecule is N#Cc1c(F)cccc1S(=O)(=O)N1CCC(C(=O)O)CC1. The summed E-state index contributed by atoms with van der Waals surface area (Å²) >= 11 is 0. The fourth-order valence-corrected chi connectivity index (χ4v) is 3.93. The number of nitrogens with zero attached hydrogens (tertiary/aromatic N) is 2. The Labute approximate surface area is 121 Å². The van der Waals surface area contributed by atoms with Crippen molar-refractivity contribution in [3.05, 3.63) is 29.6 Å². The summed E-state index contributed by atoms with van der Waals surface area (Å²) in [4.78, 5) is 10.5. The van der Waals surface area contributed by atoms with E-state index in [1.54, 1.807) is 6.07 Å². The van der Waals surface area contributed by atoms with E-state index in [1.165, 1.54) is 12.1 Å². The van der Waals surface area contributed by atoms with E-state index in [2.05, 4.69) is 0 Å². The third-order valence-electron chi connectivity index (χ3n) is 3.51. The molecule has 1 N–H and O–H groups in total. The van der Waals surface area contributed by atoms with Gasteiger partial charge in [0.05, 0.1) is 5.92 Å². The number of piperidine rings is 1. The third-order valence-corrected chi connectivity index (χ3v) is 5.45. The van der Waals surface area contributed by atoms with Gasteiger partial charge >= 0.3 is 5.97 Å². The number of carboxylic acid groups (broad SMARTS) is 1. The molecule has 8 heteroatoms. The molecule has 1 aliphatic heterocycles. The van der Waals surface area contributed by atoms with Crippen LogP contribution in [0, 0.1) is 23.1 Å². The summed E-state index contributed by atoms with van der Waals surface area (Å²) in [6.45, 7) is 0.0847. The Morgan fingerprint density at radius 1 is 1.38 bits per heavy atom. The van der Waals surface area contributed by atoms with Crippen LogP contribution >= 0.6 is 0 Å². The molecule has 0 aromatic heterocycles. The Balaban J connectivity index is 2.31. The highest BCUT2D eigenvalue weighted by Crippen LogP contribution is 2.26. The van der Waals surface area contributed by atoms with Crippen molar-refractivity contribution in [2.75, 3.05) is 13.1 Å². The Kier molecular flexibility index (Phi) is 4.25. The molecule has 0 amide bonds. The average molecular weight is 312 g/mol. The Bertz CT molecular complexity index is 703. The lowest BCUT2D eigenvalue weighted by molar-refractivity contribution is -0.142. The van der Waals surface area contributed by atoms with Crippen molar-refractivity contribution < 1.29 is 22.7 Å². The first-order chi connectivity index (χ1) is 9.87. The molecule has 0 spiro atoms. The summed E-state index contributed by atoms with van der Waals surface area (Å²) in [6, 6.07) is 4.99. The number of hydrogen-bond acceptors (Lipinski definition) is 4. The second-order valence-electron chi connectivity index (χ2n) is 4.74. The molecule has 0 atom stereocenters. The highest BCUT2D eigenvalue weighted by Gasteiger charge is 2.33. The smallest absolute Gasteiger partial charge is 0.306 e. The molecule has 0 aliphatic carbocycles. The lowest BCUT2D eigenvalue weighted by atomic mass is 9.99. The summed E-state index contributed by atoms with van der Waals surface area (Å²) in [6.07, 6.45) is 0.400. The number of rotatable bonds is 3. The van der Waals surface area contributed by atoms with Crippen LogP contribution in [0.1, 0.15) is 18.4 Å². The lowest BCUT2D eigenvalue weighted by Crippen LogP contribution is -2.40. The van der Waals surface area contributed by atoms with E-state index in [0.29, 0.717) is 0 Å². The van der Waals surface area contributed by atoms with Gasteiger partial charge in [0.25, 0.3) is 0 Å². The topological polar surface area (TPSA) is 98.5 Å². The van der Waals surface area contributed by atoms with Crippen molar-refractivity contribution in [3.8, 4) is 6.07 Å². The van der Waals surface area contributed by atoms with Crippen LogP contribution in [0.25, 0.3) is 0 Å². The van der Waals surface area contributed by atoms with Crippen LogP contribution in [0.2, 0.25) is 0 Å². The largest absolute Gasteiger partial charge is 0.481 e. The lowest BCUT2D eigenvalue weighted by Gasteiger charge is -2.29. The molecule has 1 heterocycles. The zero-order valence-electron chi connectivity index (χ0n) is 11.0. The van der Waals surface area contributed by atoms with Crippen LogP contribution in [-0.2, 0) is 14.8 Å². The molecule has 1 fully saturated rings. The molecule has 0 saturated carbocycles. The van der Waals surface area contributed by atoms with E-state index in [1.807, 2.05) is 0 Å². The molecule has 0 bridgehead atoms. The van der Waals surface area contributed by atoms with Gasteiger partial charge in [0.2, 0.25) is 10.0 Å². The third kappa shape index (κ3) is 2.89. The molecule has 112 valence electrons. The molecular weight excluding hydrogens is 299 g/mol. The van der Waals surface area contributed by atoms with E-state index in [-0.39, 0.29) is 30.8 Å². The first kappa shape index (κ1) is 15.4. The maximum Gasteiger partial charge on any atom is 0.306 e. The van der Waals surface area contributed by atoms with Gasteiger partial charge < -0.3 is 5.11 Å². The van der Waals surface area contributed by atoms with Crippen molar-refractivity contribution >= 4 is 16.0 Å². The molecule has 21 heavy (non-hydrogen) atoms. The normalized spacial score (nSPS) is 17.3. The van der Waals surface area contributed by atoms with E-state index in [9.17, 15) is 17.6 Å². The monoisotopic (exact) mass is 312 g/mol. The number of sulfonamides is 1.